The van der Waals surface area contributed by atoms with Gasteiger partial charge in [0.05, 0.1) is 0 Å². The van der Waals surface area contributed by atoms with Crippen LogP contribution in [-0.4, -0.2) is 6.21 Å². The molecule has 0 amide bonds. The van der Waals surface area contributed by atoms with Gasteiger partial charge in [0.2, 0.25) is 0 Å². The fourth-order valence-corrected chi connectivity index (χ4v) is 1.31. The van der Waals surface area contributed by atoms with Crippen LogP contribution in [0.4, 0.5) is 0 Å². The molecule has 0 N–H and O–H groups in total. The zero-order valence-corrected chi connectivity index (χ0v) is 9.70. The summed E-state index contributed by atoms with van der Waals surface area (Å²) in [5.74, 6) is 0. The fraction of sp³-hybridized carbons (Fsp3) is 0.417. The average Bonchev–Trinajstić information content (AvgIpc) is 2.25. The predicted molar refractivity (Wildman–Crippen MR) is 64.3 cm³/mol. The van der Waals surface area contributed by atoms with Gasteiger partial charge < -0.3 is 4.84 Å². The number of hydrogen-bond donors (Lipinski definition) is 0. The standard InChI is InChI=1S/C12H16ClNO/c1-2-3-6-9-14-15-10-11-7-4-5-8-12(11)13/h4-5,7-9H,2-3,6,10H2,1H3. The van der Waals surface area contributed by atoms with E-state index < -0.39 is 0 Å². The van der Waals surface area contributed by atoms with Gasteiger partial charge in [-0.3, -0.25) is 0 Å². The minimum Gasteiger partial charge on any atom is -0.391 e. The zero-order valence-electron chi connectivity index (χ0n) is 8.95. The summed E-state index contributed by atoms with van der Waals surface area (Å²) in [6.45, 7) is 2.58. The van der Waals surface area contributed by atoms with Gasteiger partial charge in [-0.05, 0) is 18.9 Å². The Balaban J connectivity index is 2.26. The van der Waals surface area contributed by atoms with Gasteiger partial charge in [-0.25, -0.2) is 0 Å². The molecule has 0 unspecified atom stereocenters. The molecule has 1 aromatic rings. The van der Waals surface area contributed by atoms with Crippen LogP contribution in [0.1, 0.15) is 31.7 Å². The number of halogens is 1. The molecule has 0 aliphatic rings. The Morgan fingerprint density at radius 2 is 2.20 bits per heavy atom. The number of unbranched alkanes of at least 4 members (excludes halogenated alkanes) is 2. The van der Waals surface area contributed by atoms with Gasteiger partial charge in [-0.15, -0.1) is 0 Å². The van der Waals surface area contributed by atoms with Gasteiger partial charge >= 0.3 is 0 Å². The van der Waals surface area contributed by atoms with Crippen molar-refractivity contribution in [2.24, 2.45) is 5.16 Å². The second-order valence-corrected chi connectivity index (χ2v) is 3.70. The van der Waals surface area contributed by atoms with Crippen molar-refractivity contribution in [1.29, 1.82) is 0 Å². The molecule has 0 radical (unpaired) electrons. The summed E-state index contributed by atoms with van der Waals surface area (Å²) in [4.78, 5) is 5.13. The molecule has 3 heteroatoms. The normalized spacial score (nSPS) is 10.8. The van der Waals surface area contributed by atoms with Crippen LogP contribution in [0.2, 0.25) is 5.02 Å². The van der Waals surface area contributed by atoms with E-state index in [0.29, 0.717) is 6.61 Å². The maximum atomic E-state index is 5.95. The van der Waals surface area contributed by atoms with Crippen molar-refractivity contribution in [3.05, 3.63) is 34.9 Å². The van der Waals surface area contributed by atoms with Crippen LogP contribution in [-0.2, 0) is 11.4 Å². The van der Waals surface area contributed by atoms with E-state index in [1.54, 1.807) is 6.21 Å². The molecule has 0 bridgehead atoms. The summed E-state index contributed by atoms with van der Waals surface area (Å²) in [6, 6.07) is 7.62. The Hall–Kier alpha value is -1.02. The number of benzene rings is 1. The molecule has 15 heavy (non-hydrogen) atoms. The summed E-state index contributed by atoms with van der Waals surface area (Å²) in [7, 11) is 0. The summed E-state index contributed by atoms with van der Waals surface area (Å²) in [6.07, 6.45) is 5.11. The summed E-state index contributed by atoms with van der Waals surface area (Å²) in [5.41, 5.74) is 0.965. The third-order valence-electron chi connectivity index (χ3n) is 2.01. The number of nitrogens with zero attached hydrogens (tertiary/aromatic N) is 1. The molecule has 2 nitrogen and oxygen atoms in total. The highest BCUT2D eigenvalue weighted by Gasteiger charge is 1.97. The van der Waals surface area contributed by atoms with Crippen molar-refractivity contribution >= 4 is 17.8 Å². The van der Waals surface area contributed by atoms with E-state index >= 15 is 0 Å². The molecule has 1 aromatic carbocycles. The molecule has 1 rings (SSSR count). The summed E-state index contributed by atoms with van der Waals surface area (Å²) >= 11 is 5.95. The first kappa shape index (κ1) is 12.1. The van der Waals surface area contributed by atoms with E-state index in [-0.39, 0.29) is 0 Å². The molecule has 0 spiro atoms. The average molecular weight is 226 g/mol. The smallest absolute Gasteiger partial charge is 0.143 e. The maximum absolute atomic E-state index is 5.95. The lowest BCUT2D eigenvalue weighted by molar-refractivity contribution is 0.131. The van der Waals surface area contributed by atoms with Crippen LogP contribution in [0.15, 0.2) is 29.4 Å². The first-order valence-electron chi connectivity index (χ1n) is 5.21. The van der Waals surface area contributed by atoms with Crippen molar-refractivity contribution < 1.29 is 4.84 Å². The SMILES string of the molecule is CCCCC=NOCc1ccccc1Cl. The Morgan fingerprint density at radius 3 is 2.93 bits per heavy atom. The van der Waals surface area contributed by atoms with E-state index in [9.17, 15) is 0 Å². The minimum absolute atomic E-state index is 0.433. The lowest BCUT2D eigenvalue weighted by Crippen LogP contribution is -1.88. The van der Waals surface area contributed by atoms with Gasteiger partial charge in [0.1, 0.15) is 6.61 Å². The van der Waals surface area contributed by atoms with Crippen molar-refractivity contribution in [2.75, 3.05) is 0 Å². The summed E-state index contributed by atoms with van der Waals surface area (Å²) in [5, 5.41) is 4.59. The topological polar surface area (TPSA) is 21.6 Å². The quantitative estimate of drug-likeness (QED) is 0.407. The molecule has 82 valence electrons. The van der Waals surface area contributed by atoms with E-state index in [0.717, 1.165) is 23.4 Å². The van der Waals surface area contributed by atoms with Crippen molar-refractivity contribution in [3.63, 3.8) is 0 Å². The number of hydrogen-bond acceptors (Lipinski definition) is 2. The third-order valence-corrected chi connectivity index (χ3v) is 2.38. The van der Waals surface area contributed by atoms with Gasteiger partial charge in [0, 0.05) is 16.8 Å². The Bertz CT molecular complexity index is 312. The Kier molecular flexibility index (Phi) is 5.86. The molecule has 0 atom stereocenters. The highest BCUT2D eigenvalue weighted by molar-refractivity contribution is 6.31. The predicted octanol–water partition coefficient (Wildman–Crippen LogP) is 4.03. The van der Waals surface area contributed by atoms with Crippen LogP contribution < -0.4 is 0 Å². The van der Waals surface area contributed by atoms with Crippen LogP contribution in [0.3, 0.4) is 0 Å². The van der Waals surface area contributed by atoms with Crippen LogP contribution in [0.5, 0.6) is 0 Å². The second-order valence-electron chi connectivity index (χ2n) is 3.30. The molecule has 0 aliphatic carbocycles. The van der Waals surface area contributed by atoms with Crippen LogP contribution in [0, 0.1) is 0 Å². The highest BCUT2D eigenvalue weighted by Crippen LogP contribution is 2.15. The van der Waals surface area contributed by atoms with Gasteiger partial charge in [0.25, 0.3) is 0 Å². The van der Waals surface area contributed by atoms with E-state index in [1.165, 1.54) is 6.42 Å². The number of rotatable bonds is 6. The van der Waals surface area contributed by atoms with Crippen molar-refractivity contribution in [2.45, 2.75) is 32.8 Å². The molecular weight excluding hydrogens is 210 g/mol. The molecular formula is C12H16ClNO. The first-order valence-corrected chi connectivity index (χ1v) is 5.59. The Labute approximate surface area is 95.9 Å². The van der Waals surface area contributed by atoms with Crippen LogP contribution in [0.25, 0.3) is 0 Å². The fourth-order valence-electron chi connectivity index (χ4n) is 1.12. The molecule has 0 heterocycles. The van der Waals surface area contributed by atoms with E-state index in [2.05, 4.69) is 12.1 Å². The summed E-state index contributed by atoms with van der Waals surface area (Å²) < 4.78 is 0. The van der Waals surface area contributed by atoms with Gasteiger partial charge in [-0.1, -0.05) is 48.3 Å². The highest BCUT2D eigenvalue weighted by atomic mass is 35.5. The Morgan fingerprint density at radius 1 is 1.40 bits per heavy atom. The monoisotopic (exact) mass is 225 g/mol. The first-order chi connectivity index (χ1) is 7.34. The zero-order chi connectivity index (χ0) is 10.9. The molecule has 0 aromatic heterocycles. The second kappa shape index (κ2) is 7.30. The van der Waals surface area contributed by atoms with E-state index in [1.807, 2.05) is 24.3 Å². The molecule has 0 aliphatic heterocycles. The van der Waals surface area contributed by atoms with Crippen molar-refractivity contribution in [1.82, 2.24) is 0 Å². The third kappa shape index (κ3) is 4.84. The minimum atomic E-state index is 0.433. The van der Waals surface area contributed by atoms with Crippen LogP contribution >= 0.6 is 11.6 Å². The molecule has 0 saturated heterocycles. The molecule has 0 saturated carbocycles. The largest absolute Gasteiger partial charge is 0.391 e. The van der Waals surface area contributed by atoms with Gasteiger partial charge in [0.15, 0.2) is 0 Å². The maximum Gasteiger partial charge on any atom is 0.143 e. The van der Waals surface area contributed by atoms with E-state index in [4.69, 9.17) is 16.4 Å². The molecule has 0 fully saturated rings. The lowest BCUT2D eigenvalue weighted by Gasteiger charge is -2.01. The van der Waals surface area contributed by atoms with Gasteiger partial charge in [-0.2, -0.15) is 0 Å². The lowest BCUT2D eigenvalue weighted by atomic mass is 10.2. The number of oxime groups is 1. The van der Waals surface area contributed by atoms with Crippen molar-refractivity contribution in [3.8, 4) is 0 Å².